The minimum atomic E-state index is 0.270. The molecule has 0 aliphatic carbocycles. The second-order valence-corrected chi connectivity index (χ2v) is 4.75. The van der Waals surface area contributed by atoms with Crippen LogP contribution >= 0.6 is 29.0 Å². The molecule has 2 rings (SSSR count). The Bertz CT molecular complexity index is 444. The second-order valence-electron chi connectivity index (χ2n) is 2.80. The van der Waals surface area contributed by atoms with E-state index in [0.717, 1.165) is 10.4 Å². The van der Waals surface area contributed by atoms with Crippen molar-refractivity contribution in [2.24, 2.45) is 0 Å². The van der Waals surface area contributed by atoms with E-state index in [-0.39, 0.29) is 5.75 Å². The van der Waals surface area contributed by atoms with Gasteiger partial charge >= 0.3 is 0 Å². The van der Waals surface area contributed by atoms with Crippen LogP contribution in [0.1, 0.15) is 0 Å². The lowest BCUT2D eigenvalue weighted by molar-refractivity contribution is 0.475. The van der Waals surface area contributed by atoms with Crippen LogP contribution in [0.2, 0.25) is 0 Å². The van der Waals surface area contributed by atoms with Gasteiger partial charge in [0.15, 0.2) is 0 Å². The van der Waals surface area contributed by atoms with E-state index in [4.69, 9.17) is 9.63 Å². The molecule has 0 amide bonds. The molecular weight excluding hydrogens is 248 g/mol. The lowest BCUT2D eigenvalue weighted by Gasteiger charge is -1.96. The van der Waals surface area contributed by atoms with Crippen molar-refractivity contribution in [3.05, 3.63) is 30.3 Å². The van der Waals surface area contributed by atoms with Crippen molar-refractivity contribution in [3.8, 4) is 22.1 Å². The van der Waals surface area contributed by atoms with Gasteiger partial charge in [0.05, 0.1) is 13.4 Å². The van der Waals surface area contributed by atoms with Crippen LogP contribution in [0.15, 0.2) is 30.3 Å². The minimum absolute atomic E-state index is 0.270. The van der Waals surface area contributed by atoms with Gasteiger partial charge in [-0.2, -0.15) is 4.37 Å². The van der Waals surface area contributed by atoms with Crippen LogP contribution in [-0.2, 0) is 0 Å². The van der Waals surface area contributed by atoms with Crippen molar-refractivity contribution in [1.29, 1.82) is 0 Å². The number of rotatable bonds is 3. The normalized spacial score (nSPS) is 11.0. The average molecular weight is 257 g/mol. The molecule has 1 aromatic carbocycles. The summed E-state index contributed by atoms with van der Waals surface area (Å²) in [7, 11) is 2.83. The van der Waals surface area contributed by atoms with Gasteiger partial charge in [0, 0.05) is 6.07 Å². The summed E-state index contributed by atoms with van der Waals surface area (Å²) in [6, 6.07) is 8.93. The Kier molecular flexibility index (Phi) is 3.53. The van der Waals surface area contributed by atoms with E-state index in [1.165, 1.54) is 11.5 Å². The summed E-state index contributed by atoms with van der Waals surface area (Å²) in [5, 5.41) is 9.15. The number of phenols is 1. The Morgan fingerprint density at radius 1 is 1.33 bits per heavy atom. The lowest BCUT2D eigenvalue weighted by atomic mass is 10.2. The highest BCUT2D eigenvalue weighted by molar-refractivity contribution is 8.00. The number of aromatic hydroxyl groups is 1. The van der Waals surface area contributed by atoms with E-state index in [1.807, 2.05) is 18.2 Å². The Hall–Kier alpha value is -0.690. The molecule has 1 N–H and O–H groups in total. The van der Waals surface area contributed by atoms with Gasteiger partial charge in [-0.05, 0) is 41.4 Å². The van der Waals surface area contributed by atoms with Gasteiger partial charge in [0.2, 0.25) is 5.88 Å². The van der Waals surface area contributed by atoms with E-state index in [2.05, 4.69) is 13.3 Å². The largest absolute Gasteiger partial charge is 0.508 e. The first kappa shape index (κ1) is 10.8. The third kappa shape index (κ3) is 2.66. The molecule has 0 saturated heterocycles. The summed E-state index contributed by atoms with van der Waals surface area (Å²) in [6.07, 6.45) is 0. The zero-order valence-electron chi connectivity index (χ0n) is 7.68. The summed E-state index contributed by atoms with van der Waals surface area (Å²) in [5.41, 5.74) is 1.03. The van der Waals surface area contributed by atoms with Gasteiger partial charge in [0.25, 0.3) is 0 Å². The van der Waals surface area contributed by atoms with E-state index in [1.54, 1.807) is 12.1 Å². The summed E-state index contributed by atoms with van der Waals surface area (Å²) in [4.78, 5) is 1.04. The maximum absolute atomic E-state index is 9.15. The Morgan fingerprint density at radius 3 is 2.73 bits per heavy atom. The maximum atomic E-state index is 9.15. The zero-order chi connectivity index (χ0) is 10.7. The SMILES string of the molecule is Oc1ccc(-c2cc(OPP)ns2)cc1. The molecule has 0 saturated carbocycles. The first-order chi connectivity index (χ1) is 7.29. The van der Waals surface area contributed by atoms with E-state index in [0.29, 0.717) is 14.4 Å². The molecule has 2 atom stereocenters. The van der Waals surface area contributed by atoms with Crippen LogP contribution in [0.5, 0.6) is 11.6 Å². The molecule has 0 radical (unpaired) electrons. The van der Waals surface area contributed by atoms with Crippen molar-refractivity contribution in [1.82, 2.24) is 4.37 Å². The van der Waals surface area contributed by atoms with Crippen LogP contribution in [0.4, 0.5) is 0 Å². The van der Waals surface area contributed by atoms with E-state index >= 15 is 0 Å². The zero-order valence-corrected chi connectivity index (χ0v) is 10.6. The molecule has 1 aromatic heterocycles. The molecular formula is C9H9NO2P2S. The van der Waals surface area contributed by atoms with Crippen molar-refractivity contribution in [2.75, 3.05) is 0 Å². The Balaban J connectivity index is 2.25. The first-order valence-corrected chi connectivity index (χ1v) is 7.67. The summed E-state index contributed by atoms with van der Waals surface area (Å²) in [5.74, 6) is 0.919. The number of nitrogens with zero attached hydrogens (tertiary/aromatic N) is 1. The standard InChI is InChI=1S/C9H9NO2P2S/c11-7-3-1-6(2-4-7)8-5-9(10-15-8)12-14-13/h1-5,11,14H,13H2. The van der Waals surface area contributed by atoms with Gasteiger partial charge in [-0.1, -0.05) is 8.93 Å². The van der Waals surface area contributed by atoms with E-state index in [9.17, 15) is 0 Å². The smallest absolute Gasteiger partial charge is 0.228 e. The molecule has 1 heterocycles. The van der Waals surface area contributed by atoms with Gasteiger partial charge in [-0.15, -0.1) is 0 Å². The van der Waals surface area contributed by atoms with Crippen LogP contribution in [0, 0.1) is 0 Å². The number of hydrogen-bond acceptors (Lipinski definition) is 4. The van der Waals surface area contributed by atoms with Crippen molar-refractivity contribution >= 4 is 29.0 Å². The summed E-state index contributed by atoms with van der Waals surface area (Å²) >= 11 is 1.39. The molecule has 0 spiro atoms. The topological polar surface area (TPSA) is 42.4 Å². The van der Waals surface area contributed by atoms with E-state index < -0.39 is 0 Å². The highest BCUT2D eigenvalue weighted by Crippen LogP contribution is 2.32. The number of phenolic OH excluding ortho intramolecular Hbond substituents is 1. The molecule has 0 fully saturated rings. The Morgan fingerprint density at radius 2 is 2.07 bits per heavy atom. The molecule has 0 bridgehead atoms. The molecule has 78 valence electrons. The predicted molar refractivity (Wildman–Crippen MR) is 67.9 cm³/mol. The third-order valence-electron chi connectivity index (χ3n) is 1.80. The highest BCUT2D eigenvalue weighted by atomic mass is 32.1. The lowest BCUT2D eigenvalue weighted by Crippen LogP contribution is -1.72. The Labute approximate surface area is 95.6 Å². The fourth-order valence-corrected chi connectivity index (χ4v) is 2.46. The van der Waals surface area contributed by atoms with Crippen molar-refractivity contribution in [3.63, 3.8) is 0 Å². The van der Waals surface area contributed by atoms with Crippen molar-refractivity contribution < 1.29 is 9.63 Å². The number of hydrogen-bond donors (Lipinski definition) is 1. The van der Waals surface area contributed by atoms with Crippen LogP contribution in [0.25, 0.3) is 10.4 Å². The van der Waals surface area contributed by atoms with Crippen LogP contribution in [-0.4, -0.2) is 9.48 Å². The quantitative estimate of drug-likeness (QED) is 0.858. The van der Waals surface area contributed by atoms with Gasteiger partial charge in [-0.3, -0.25) is 0 Å². The molecule has 3 nitrogen and oxygen atoms in total. The molecule has 2 unspecified atom stereocenters. The molecule has 2 aromatic rings. The summed E-state index contributed by atoms with van der Waals surface area (Å²) in [6.45, 7) is 0. The van der Waals surface area contributed by atoms with Gasteiger partial charge < -0.3 is 9.63 Å². The van der Waals surface area contributed by atoms with Gasteiger partial charge in [-0.25, -0.2) is 0 Å². The predicted octanol–water partition coefficient (Wildman–Crippen LogP) is 3.28. The average Bonchev–Trinajstić information content (AvgIpc) is 2.68. The third-order valence-corrected chi connectivity index (χ3v) is 3.31. The van der Waals surface area contributed by atoms with Crippen LogP contribution in [0.3, 0.4) is 0 Å². The monoisotopic (exact) mass is 257 g/mol. The molecule has 15 heavy (non-hydrogen) atoms. The first-order valence-electron chi connectivity index (χ1n) is 4.18. The molecule has 0 aliphatic heterocycles. The fourth-order valence-electron chi connectivity index (χ4n) is 1.13. The number of benzene rings is 1. The molecule has 0 aliphatic rings. The molecule has 6 heteroatoms. The maximum Gasteiger partial charge on any atom is 0.228 e. The number of aromatic nitrogens is 1. The van der Waals surface area contributed by atoms with Gasteiger partial charge in [0.1, 0.15) is 5.75 Å². The minimum Gasteiger partial charge on any atom is -0.508 e. The highest BCUT2D eigenvalue weighted by Gasteiger charge is 2.04. The van der Waals surface area contributed by atoms with Crippen molar-refractivity contribution in [2.45, 2.75) is 0 Å². The summed E-state index contributed by atoms with van der Waals surface area (Å²) < 4.78 is 9.43. The second kappa shape index (κ2) is 4.89. The fraction of sp³-hybridized carbons (Fsp3) is 0. The van der Waals surface area contributed by atoms with Crippen LogP contribution < -0.4 is 4.52 Å².